The molecule has 6 heteroatoms. The van der Waals surface area contributed by atoms with Crippen LogP contribution in [0.15, 0.2) is 57.9 Å². The van der Waals surface area contributed by atoms with Crippen molar-refractivity contribution in [3.05, 3.63) is 81.7 Å². The summed E-state index contributed by atoms with van der Waals surface area (Å²) in [5.41, 5.74) is 1.14. The van der Waals surface area contributed by atoms with Gasteiger partial charge in [-0.25, -0.2) is 0 Å². The first kappa shape index (κ1) is 17.8. The van der Waals surface area contributed by atoms with Crippen molar-refractivity contribution in [3.8, 4) is 17.5 Å². The maximum absolute atomic E-state index is 13.0. The number of carbonyl (C=O) groups excluding carboxylic acids is 1. The van der Waals surface area contributed by atoms with Gasteiger partial charge in [-0.05, 0) is 55.8 Å². The minimum Gasteiger partial charge on any atom is -0.494 e. The highest BCUT2D eigenvalue weighted by atomic mass is 16.5. The molecule has 140 valence electrons. The lowest BCUT2D eigenvalue weighted by molar-refractivity contribution is 0.0958. The summed E-state index contributed by atoms with van der Waals surface area (Å²) in [5.74, 6) is 1.17. The summed E-state index contributed by atoms with van der Waals surface area (Å²) in [6.07, 6.45) is 2.34. The molecule has 2 heterocycles. The average molecular weight is 374 g/mol. The van der Waals surface area contributed by atoms with E-state index in [0.717, 1.165) is 0 Å². The number of ketones is 1. The second-order valence-corrected chi connectivity index (χ2v) is 6.64. The number of ether oxygens (including phenoxy) is 1. The zero-order valence-corrected chi connectivity index (χ0v) is 15.3. The third kappa shape index (κ3) is 3.01. The van der Waals surface area contributed by atoms with Gasteiger partial charge in [-0.3, -0.25) is 14.2 Å². The molecule has 1 aliphatic rings. The van der Waals surface area contributed by atoms with Crippen LogP contribution in [0, 0.1) is 11.3 Å². The standard InChI is InChI=1S/C22H18N2O4/c1-2-27-17-7-5-16(6-8-17)24-19-11-14(21-4-3-9-28-21)12-20(25)18(19)10-15(13-23)22(24)26/h3-10,14H,2,11-12H2,1H3/t14-/m1/s1. The fourth-order valence-corrected chi connectivity index (χ4v) is 3.67. The van der Waals surface area contributed by atoms with Crippen molar-refractivity contribution in [2.45, 2.75) is 25.7 Å². The Morgan fingerprint density at radius 2 is 2.00 bits per heavy atom. The van der Waals surface area contributed by atoms with Crippen molar-refractivity contribution in [3.63, 3.8) is 0 Å². The second-order valence-electron chi connectivity index (χ2n) is 6.64. The molecule has 0 saturated heterocycles. The molecule has 1 atom stereocenters. The van der Waals surface area contributed by atoms with Crippen LogP contribution in [-0.2, 0) is 6.42 Å². The fourth-order valence-electron chi connectivity index (χ4n) is 3.67. The average Bonchev–Trinajstić information content (AvgIpc) is 3.23. The molecule has 0 N–H and O–H groups in total. The van der Waals surface area contributed by atoms with E-state index in [1.54, 1.807) is 36.6 Å². The number of rotatable bonds is 4. The van der Waals surface area contributed by atoms with Crippen molar-refractivity contribution in [2.75, 3.05) is 6.61 Å². The molecule has 0 unspecified atom stereocenters. The minimum atomic E-state index is -0.432. The van der Waals surface area contributed by atoms with Crippen molar-refractivity contribution in [1.29, 1.82) is 5.26 Å². The molecule has 3 aromatic rings. The Hall–Kier alpha value is -3.59. The molecule has 0 radical (unpaired) electrons. The highest BCUT2D eigenvalue weighted by molar-refractivity contribution is 5.99. The Morgan fingerprint density at radius 3 is 2.64 bits per heavy atom. The predicted molar refractivity (Wildman–Crippen MR) is 102 cm³/mol. The van der Waals surface area contributed by atoms with Crippen molar-refractivity contribution in [1.82, 2.24) is 4.57 Å². The van der Waals surface area contributed by atoms with E-state index in [4.69, 9.17) is 9.15 Å². The molecule has 6 nitrogen and oxygen atoms in total. The van der Waals surface area contributed by atoms with Gasteiger partial charge in [0.2, 0.25) is 0 Å². The molecular formula is C22H18N2O4. The molecule has 0 bridgehead atoms. The lowest BCUT2D eigenvalue weighted by Gasteiger charge is -2.25. The third-order valence-corrected chi connectivity index (χ3v) is 4.95. The lowest BCUT2D eigenvalue weighted by Crippen LogP contribution is -2.31. The number of fused-ring (bicyclic) bond motifs is 1. The Kier molecular flexibility index (Phi) is 4.58. The molecular weight excluding hydrogens is 356 g/mol. The molecule has 28 heavy (non-hydrogen) atoms. The van der Waals surface area contributed by atoms with Crippen LogP contribution in [0.1, 0.15) is 46.6 Å². The van der Waals surface area contributed by atoms with Gasteiger partial charge in [0.25, 0.3) is 5.56 Å². The molecule has 1 aliphatic carbocycles. The van der Waals surface area contributed by atoms with E-state index in [9.17, 15) is 14.9 Å². The van der Waals surface area contributed by atoms with E-state index in [0.29, 0.717) is 41.5 Å². The first-order valence-electron chi connectivity index (χ1n) is 9.11. The van der Waals surface area contributed by atoms with E-state index >= 15 is 0 Å². The van der Waals surface area contributed by atoms with Crippen LogP contribution in [-0.4, -0.2) is 17.0 Å². The SMILES string of the molecule is CCOc1ccc(-n2c3c(cc(C#N)c2=O)C(=O)C[C@H](c2ccco2)C3)cc1. The summed E-state index contributed by atoms with van der Waals surface area (Å²) in [4.78, 5) is 25.8. The summed E-state index contributed by atoms with van der Waals surface area (Å²) in [6, 6.07) is 14.0. The van der Waals surface area contributed by atoms with Crippen molar-refractivity contribution in [2.24, 2.45) is 0 Å². The van der Waals surface area contributed by atoms with E-state index < -0.39 is 5.56 Å². The summed E-state index contributed by atoms with van der Waals surface area (Å²) in [6.45, 7) is 2.43. The molecule has 0 saturated carbocycles. The van der Waals surface area contributed by atoms with Gasteiger partial charge in [0.1, 0.15) is 23.1 Å². The van der Waals surface area contributed by atoms with Crippen LogP contribution >= 0.6 is 0 Å². The molecule has 4 rings (SSSR count). The van der Waals surface area contributed by atoms with Gasteiger partial charge in [-0.2, -0.15) is 5.26 Å². The number of hydrogen-bond donors (Lipinski definition) is 0. The van der Waals surface area contributed by atoms with Crippen LogP contribution in [0.5, 0.6) is 5.75 Å². The zero-order valence-electron chi connectivity index (χ0n) is 15.3. The van der Waals surface area contributed by atoms with Crippen molar-refractivity contribution < 1.29 is 13.9 Å². The van der Waals surface area contributed by atoms with Gasteiger partial charge < -0.3 is 9.15 Å². The van der Waals surface area contributed by atoms with Gasteiger partial charge in [0.15, 0.2) is 5.78 Å². The lowest BCUT2D eigenvalue weighted by atomic mass is 9.83. The highest BCUT2D eigenvalue weighted by Crippen LogP contribution is 2.33. The van der Waals surface area contributed by atoms with Gasteiger partial charge in [0.05, 0.1) is 12.9 Å². The molecule has 2 aromatic heterocycles. The Balaban J connectivity index is 1.88. The zero-order chi connectivity index (χ0) is 19.7. The Morgan fingerprint density at radius 1 is 1.21 bits per heavy atom. The highest BCUT2D eigenvalue weighted by Gasteiger charge is 2.31. The normalized spacial score (nSPS) is 15.7. The Labute approximate surface area is 161 Å². The number of aromatic nitrogens is 1. The fraction of sp³-hybridized carbons (Fsp3) is 0.227. The van der Waals surface area contributed by atoms with Crippen LogP contribution in [0.25, 0.3) is 5.69 Å². The number of benzene rings is 1. The van der Waals surface area contributed by atoms with Crippen LogP contribution in [0.3, 0.4) is 0 Å². The molecule has 0 amide bonds. The number of Topliss-reactive ketones (excluding diaryl/α,β-unsaturated/α-hetero) is 1. The number of furan rings is 1. The molecule has 1 aromatic carbocycles. The number of hydrogen-bond acceptors (Lipinski definition) is 5. The number of nitrogens with zero attached hydrogens (tertiary/aromatic N) is 2. The van der Waals surface area contributed by atoms with E-state index in [-0.39, 0.29) is 23.7 Å². The van der Waals surface area contributed by atoms with Crippen molar-refractivity contribution >= 4 is 5.78 Å². The van der Waals surface area contributed by atoms with Gasteiger partial charge in [-0.1, -0.05) is 0 Å². The minimum absolute atomic E-state index is 0.0440. The second kappa shape index (κ2) is 7.20. The number of pyridine rings is 1. The monoisotopic (exact) mass is 374 g/mol. The maximum atomic E-state index is 13.0. The topological polar surface area (TPSA) is 85.2 Å². The van der Waals surface area contributed by atoms with Gasteiger partial charge >= 0.3 is 0 Å². The van der Waals surface area contributed by atoms with Gasteiger partial charge in [0, 0.05) is 29.3 Å². The van der Waals surface area contributed by atoms with E-state index in [1.165, 1.54) is 10.6 Å². The number of carbonyl (C=O) groups is 1. The summed E-state index contributed by atoms with van der Waals surface area (Å²) in [7, 11) is 0. The predicted octanol–water partition coefficient (Wildman–Crippen LogP) is 3.61. The third-order valence-electron chi connectivity index (χ3n) is 4.95. The Bertz CT molecular complexity index is 1120. The molecule has 0 aliphatic heterocycles. The maximum Gasteiger partial charge on any atom is 0.273 e. The summed E-state index contributed by atoms with van der Waals surface area (Å²) < 4.78 is 12.4. The first-order chi connectivity index (χ1) is 13.6. The van der Waals surface area contributed by atoms with Crippen LogP contribution in [0.4, 0.5) is 0 Å². The molecule has 0 fully saturated rings. The summed E-state index contributed by atoms with van der Waals surface area (Å²) >= 11 is 0. The number of nitriles is 1. The summed E-state index contributed by atoms with van der Waals surface area (Å²) in [5, 5.41) is 9.38. The first-order valence-corrected chi connectivity index (χ1v) is 9.11. The van der Waals surface area contributed by atoms with Crippen LogP contribution in [0.2, 0.25) is 0 Å². The quantitative estimate of drug-likeness (QED) is 0.696. The van der Waals surface area contributed by atoms with Crippen LogP contribution < -0.4 is 10.3 Å². The molecule has 0 spiro atoms. The van der Waals surface area contributed by atoms with E-state index in [2.05, 4.69) is 0 Å². The largest absolute Gasteiger partial charge is 0.494 e. The van der Waals surface area contributed by atoms with Gasteiger partial charge in [-0.15, -0.1) is 0 Å². The van der Waals surface area contributed by atoms with E-state index in [1.807, 2.05) is 19.1 Å². The smallest absolute Gasteiger partial charge is 0.273 e.